The highest BCUT2D eigenvalue weighted by atomic mass is 35.5. The van der Waals surface area contributed by atoms with Crippen molar-refractivity contribution in [3.8, 4) is 5.75 Å². The fraction of sp³-hybridized carbons (Fsp3) is 0.316. The van der Waals surface area contributed by atoms with Crippen LogP contribution in [0.4, 0.5) is 0 Å². The lowest BCUT2D eigenvalue weighted by atomic mass is 10.0. The molecule has 1 N–H and O–H groups in total. The van der Waals surface area contributed by atoms with E-state index in [0.29, 0.717) is 30.5 Å². The Balaban J connectivity index is 1.71. The molecular formula is C19H22ClNO2. The molecule has 0 spiro atoms. The zero-order valence-electron chi connectivity index (χ0n) is 13.5. The summed E-state index contributed by atoms with van der Waals surface area (Å²) in [6.45, 7) is 5.23. The van der Waals surface area contributed by atoms with Crippen LogP contribution in [0.15, 0.2) is 48.5 Å². The maximum absolute atomic E-state index is 11.9. The van der Waals surface area contributed by atoms with Gasteiger partial charge in [-0.3, -0.25) is 4.79 Å². The summed E-state index contributed by atoms with van der Waals surface area (Å²) in [5, 5.41) is 3.53. The number of amides is 1. The molecule has 0 aliphatic rings. The van der Waals surface area contributed by atoms with Crippen LogP contribution in [0.2, 0.25) is 5.02 Å². The molecule has 3 nitrogen and oxygen atoms in total. The number of carbonyl (C=O) groups excluding carboxylic acids is 1. The second kappa shape index (κ2) is 8.59. The molecule has 0 bridgehead atoms. The number of rotatable bonds is 7. The molecule has 0 heterocycles. The van der Waals surface area contributed by atoms with Crippen molar-refractivity contribution >= 4 is 17.5 Å². The van der Waals surface area contributed by atoms with Crippen molar-refractivity contribution in [2.45, 2.75) is 26.2 Å². The zero-order valence-corrected chi connectivity index (χ0v) is 14.3. The summed E-state index contributed by atoms with van der Waals surface area (Å²) < 4.78 is 5.68. The number of hydrogen-bond acceptors (Lipinski definition) is 2. The average Bonchev–Trinajstić information content (AvgIpc) is 2.54. The molecule has 0 fully saturated rings. The molecule has 0 saturated carbocycles. The van der Waals surface area contributed by atoms with Crippen molar-refractivity contribution in [2.24, 2.45) is 0 Å². The van der Waals surface area contributed by atoms with Gasteiger partial charge in [-0.2, -0.15) is 0 Å². The van der Waals surface area contributed by atoms with Crippen molar-refractivity contribution in [3.63, 3.8) is 0 Å². The summed E-state index contributed by atoms with van der Waals surface area (Å²) in [4.78, 5) is 11.9. The number of halogens is 1. The highest BCUT2D eigenvalue weighted by Gasteiger charge is 2.04. The van der Waals surface area contributed by atoms with E-state index in [9.17, 15) is 4.79 Å². The van der Waals surface area contributed by atoms with Gasteiger partial charge in [-0.15, -0.1) is 0 Å². The minimum atomic E-state index is -0.0214. The van der Waals surface area contributed by atoms with Gasteiger partial charge in [0.25, 0.3) is 0 Å². The van der Waals surface area contributed by atoms with Crippen LogP contribution in [0.1, 0.15) is 30.9 Å². The van der Waals surface area contributed by atoms with Crippen LogP contribution in [0.5, 0.6) is 5.75 Å². The normalized spacial score (nSPS) is 10.6. The van der Waals surface area contributed by atoms with E-state index in [0.717, 1.165) is 11.3 Å². The van der Waals surface area contributed by atoms with E-state index >= 15 is 0 Å². The Morgan fingerprint density at radius 2 is 1.91 bits per heavy atom. The summed E-state index contributed by atoms with van der Waals surface area (Å²) in [6.07, 6.45) is 0.347. The summed E-state index contributed by atoms with van der Waals surface area (Å²) >= 11 is 5.82. The monoisotopic (exact) mass is 331 g/mol. The van der Waals surface area contributed by atoms with Crippen LogP contribution in [-0.4, -0.2) is 19.1 Å². The molecule has 0 saturated heterocycles. The third kappa shape index (κ3) is 5.95. The Labute approximate surface area is 142 Å². The quantitative estimate of drug-likeness (QED) is 0.772. The molecule has 23 heavy (non-hydrogen) atoms. The van der Waals surface area contributed by atoms with Crippen LogP contribution < -0.4 is 10.1 Å². The van der Waals surface area contributed by atoms with Gasteiger partial charge in [-0.05, 0) is 41.3 Å². The van der Waals surface area contributed by atoms with Gasteiger partial charge < -0.3 is 10.1 Å². The molecule has 2 aromatic rings. The molecule has 0 aromatic heterocycles. The molecule has 122 valence electrons. The fourth-order valence-corrected chi connectivity index (χ4v) is 2.30. The minimum Gasteiger partial charge on any atom is -0.492 e. The molecule has 0 aliphatic carbocycles. The first-order chi connectivity index (χ1) is 11.0. The SMILES string of the molecule is CC(C)c1cccc(OCCNC(=O)Cc2ccc(Cl)cc2)c1. The van der Waals surface area contributed by atoms with Crippen LogP contribution in [0, 0.1) is 0 Å². The molecule has 4 heteroatoms. The van der Waals surface area contributed by atoms with Crippen LogP contribution >= 0.6 is 11.6 Å². The topological polar surface area (TPSA) is 38.3 Å². The largest absolute Gasteiger partial charge is 0.492 e. The van der Waals surface area contributed by atoms with E-state index in [4.69, 9.17) is 16.3 Å². The minimum absolute atomic E-state index is 0.0214. The first kappa shape index (κ1) is 17.4. The number of ether oxygens (including phenoxy) is 1. The van der Waals surface area contributed by atoms with Crippen LogP contribution in [0.3, 0.4) is 0 Å². The number of carbonyl (C=O) groups is 1. The summed E-state index contributed by atoms with van der Waals surface area (Å²) in [5.74, 6) is 1.28. The maximum Gasteiger partial charge on any atom is 0.224 e. The predicted molar refractivity (Wildman–Crippen MR) is 94.2 cm³/mol. The second-order valence-corrected chi connectivity index (χ2v) is 6.17. The van der Waals surface area contributed by atoms with E-state index in [1.807, 2.05) is 30.3 Å². The van der Waals surface area contributed by atoms with E-state index in [2.05, 4.69) is 25.2 Å². The molecule has 0 unspecified atom stereocenters. The number of nitrogens with one attached hydrogen (secondary N) is 1. The summed E-state index contributed by atoms with van der Waals surface area (Å²) in [5.41, 5.74) is 2.19. The average molecular weight is 332 g/mol. The second-order valence-electron chi connectivity index (χ2n) is 5.73. The van der Waals surface area contributed by atoms with Crippen LogP contribution in [0.25, 0.3) is 0 Å². The Morgan fingerprint density at radius 3 is 2.61 bits per heavy atom. The van der Waals surface area contributed by atoms with E-state index in [-0.39, 0.29) is 5.91 Å². The Bertz CT molecular complexity index is 638. The van der Waals surface area contributed by atoms with Gasteiger partial charge in [-0.1, -0.05) is 49.7 Å². The van der Waals surface area contributed by atoms with E-state index in [1.165, 1.54) is 5.56 Å². The lowest BCUT2D eigenvalue weighted by Gasteiger charge is -2.10. The molecule has 0 aliphatic heterocycles. The molecule has 1 amide bonds. The lowest BCUT2D eigenvalue weighted by Crippen LogP contribution is -2.29. The Morgan fingerprint density at radius 1 is 1.17 bits per heavy atom. The van der Waals surface area contributed by atoms with Gasteiger partial charge in [0.1, 0.15) is 12.4 Å². The zero-order chi connectivity index (χ0) is 16.7. The first-order valence-electron chi connectivity index (χ1n) is 7.78. The summed E-state index contributed by atoms with van der Waals surface area (Å²) in [6, 6.07) is 15.3. The van der Waals surface area contributed by atoms with Gasteiger partial charge in [0.2, 0.25) is 5.91 Å². The van der Waals surface area contributed by atoms with Crippen molar-refractivity contribution in [2.75, 3.05) is 13.2 Å². The lowest BCUT2D eigenvalue weighted by molar-refractivity contribution is -0.120. The molecule has 2 aromatic carbocycles. The number of hydrogen-bond donors (Lipinski definition) is 1. The molecular weight excluding hydrogens is 310 g/mol. The van der Waals surface area contributed by atoms with Crippen molar-refractivity contribution in [1.29, 1.82) is 0 Å². The highest BCUT2D eigenvalue weighted by molar-refractivity contribution is 6.30. The summed E-state index contributed by atoms with van der Waals surface area (Å²) in [7, 11) is 0. The van der Waals surface area contributed by atoms with Gasteiger partial charge in [0.15, 0.2) is 0 Å². The Kier molecular flexibility index (Phi) is 6.48. The first-order valence-corrected chi connectivity index (χ1v) is 8.16. The van der Waals surface area contributed by atoms with Crippen LogP contribution in [-0.2, 0) is 11.2 Å². The standard InChI is InChI=1S/C19H22ClNO2/c1-14(2)16-4-3-5-18(13-16)23-11-10-21-19(22)12-15-6-8-17(20)9-7-15/h3-9,13-14H,10-12H2,1-2H3,(H,21,22). The van der Waals surface area contributed by atoms with Gasteiger partial charge in [0, 0.05) is 5.02 Å². The predicted octanol–water partition coefficient (Wildman–Crippen LogP) is 4.20. The maximum atomic E-state index is 11.9. The van der Waals surface area contributed by atoms with Crippen molar-refractivity contribution < 1.29 is 9.53 Å². The van der Waals surface area contributed by atoms with E-state index < -0.39 is 0 Å². The molecule has 2 rings (SSSR count). The highest BCUT2D eigenvalue weighted by Crippen LogP contribution is 2.19. The third-order valence-electron chi connectivity index (χ3n) is 3.50. The van der Waals surface area contributed by atoms with Crippen molar-refractivity contribution in [1.82, 2.24) is 5.32 Å². The molecule has 0 atom stereocenters. The fourth-order valence-electron chi connectivity index (χ4n) is 2.17. The smallest absolute Gasteiger partial charge is 0.224 e. The van der Waals surface area contributed by atoms with Gasteiger partial charge >= 0.3 is 0 Å². The van der Waals surface area contributed by atoms with Crippen molar-refractivity contribution in [3.05, 3.63) is 64.7 Å². The van der Waals surface area contributed by atoms with Gasteiger partial charge in [0.05, 0.1) is 13.0 Å². The Hall–Kier alpha value is -2.00. The molecule has 0 radical (unpaired) electrons. The van der Waals surface area contributed by atoms with E-state index in [1.54, 1.807) is 12.1 Å². The third-order valence-corrected chi connectivity index (χ3v) is 3.75. The number of benzene rings is 2. The van der Waals surface area contributed by atoms with Gasteiger partial charge in [-0.25, -0.2) is 0 Å².